The molecule has 0 aliphatic heterocycles. The van der Waals surface area contributed by atoms with Crippen LogP contribution >= 0.6 is 0 Å². The largest absolute Gasteiger partial charge is 0.297 e. The predicted molar refractivity (Wildman–Crippen MR) is 122 cm³/mol. The van der Waals surface area contributed by atoms with E-state index in [1.807, 2.05) is 25.3 Å². The summed E-state index contributed by atoms with van der Waals surface area (Å²) in [7, 11) is 4.04. The highest BCUT2D eigenvalue weighted by atomic mass is 15.1. The molecule has 0 amide bonds. The second-order valence-electron chi connectivity index (χ2n) is 7.20. The Morgan fingerprint density at radius 2 is 1.70 bits per heavy atom. The lowest BCUT2D eigenvalue weighted by atomic mass is 10.0. The first-order valence-electron chi connectivity index (χ1n) is 10.3. The molecule has 2 nitrogen and oxygen atoms in total. The SMILES string of the molecule is C=C/C=C\C=C/C/C(CN(C)Cc1ccc(CCCCCCC)cc1)=N/C. The van der Waals surface area contributed by atoms with E-state index in [0.717, 1.165) is 19.5 Å². The Morgan fingerprint density at radius 3 is 2.37 bits per heavy atom. The molecule has 0 fully saturated rings. The van der Waals surface area contributed by atoms with Gasteiger partial charge in [-0.15, -0.1) is 0 Å². The average Bonchev–Trinajstić information content (AvgIpc) is 2.68. The monoisotopic (exact) mass is 366 g/mol. The number of benzene rings is 1. The molecule has 148 valence electrons. The summed E-state index contributed by atoms with van der Waals surface area (Å²) < 4.78 is 0. The molecule has 0 radical (unpaired) electrons. The van der Waals surface area contributed by atoms with Gasteiger partial charge < -0.3 is 0 Å². The van der Waals surface area contributed by atoms with Crippen LogP contribution in [0.25, 0.3) is 0 Å². The van der Waals surface area contributed by atoms with Crippen LogP contribution in [0.5, 0.6) is 0 Å². The molecule has 27 heavy (non-hydrogen) atoms. The zero-order valence-corrected chi connectivity index (χ0v) is 17.7. The van der Waals surface area contributed by atoms with Crippen LogP contribution in [-0.4, -0.2) is 31.3 Å². The third-order valence-electron chi connectivity index (χ3n) is 4.66. The fraction of sp³-hybridized carbons (Fsp3) is 0.480. The molecule has 1 aromatic carbocycles. The van der Waals surface area contributed by atoms with Crippen molar-refractivity contribution in [1.29, 1.82) is 0 Å². The molecule has 0 aromatic heterocycles. The smallest absolute Gasteiger partial charge is 0.0367 e. The fourth-order valence-corrected chi connectivity index (χ4v) is 3.08. The average molecular weight is 367 g/mol. The van der Waals surface area contributed by atoms with Crippen molar-refractivity contribution < 1.29 is 0 Å². The van der Waals surface area contributed by atoms with Crippen molar-refractivity contribution >= 4 is 5.71 Å². The van der Waals surface area contributed by atoms with E-state index < -0.39 is 0 Å². The van der Waals surface area contributed by atoms with Gasteiger partial charge in [0.2, 0.25) is 0 Å². The number of allylic oxidation sites excluding steroid dienone is 5. The molecule has 0 heterocycles. The van der Waals surface area contributed by atoms with E-state index in [1.54, 1.807) is 6.08 Å². The molecule has 0 bridgehead atoms. The summed E-state index contributed by atoms with van der Waals surface area (Å²) in [6, 6.07) is 9.15. The molecule has 0 unspecified atom stereocenters. The zero-order chi connectivity index (χ0) is 19.7. The quantitative estimate of drug-likeness (QED) is 0.211. The number of rotatable bonds is 14. The van der Waals surface area contributed by atoms with E-state index in [2.05, 4.69) is 60.8 Å². The minimum atomic E-state index is 0.888. The second kappa shape index (κ2) is 15.2. The van der Waals surface area contributed by atoms with Gasteiger partial charge in [-0.3, -0.25) is 9.89 Å². The summed E-state index contributed by atoms with van der Waals surface area (Å²) in [5.74, 6) is 0. The number of hydrogen-bond acceptors (Lipinski definition) is 2. The van der Waals surface area contributed by atoms with Crippen LogP contribution in [0, 0.1) is 0 Å². The van der Waals surface area contributed by atoms with Crippen LogP contribution in [0.15, 0.2) is 66.2 Å². The van der Waals surface area contributed by atoms with Crippen molar-refractivity contribution in [2.45, 2.75) is 58.4 Å². The Bertz CT molecular complexity index is 593. The van der Waals surface area contributed by atoms with Crippen LogP contribution in [0.4, 0.5) is 0 Å². The van der Waals surface area contributed by atoms with Crippen LogP contribution in [-0.2, 0) is 13.0 Å². The summed E-state index contributed by atoms with van der Waals surface area (Å²) in [6.45, 7) is 7.78. The van der Waals surface area contributed by atoms with Gasteiger partial charge >= 0.3 is 0 Å². The summed E-state index contributed by atoms with van der Waals surface area (Å²) in [4.78, 5) is 6.76. The maximum Gasteiger partial charge on any atom is 0.0367 e. The Hall–Kier alpha value is -1.93. The van der Waals surface area contributed by atoms with E-state index in [-0.39, 0.29) is 0 Å². The van der Waals surface area contributed by atoms with Crippen LogP contribution in [0.2, 0.25) is 0 Å². The minimum absolute atomic E-state index is 0.888. The number of aryl methyl sites for hydroxylation is 1. The zero-order valence-electron chi connectivity index (χ0n) is 17.7. The van der Waals surface area contributed by atoms with E-state index in [4.69, 9.17) is 0 Å². The second-order valence-corrected chi connectivity index (χ2v) is 7.20. The molecule has 0 spiro atoms. The van der Waals surface area contributed by atoms with E-state index in [0.29, 0.717) is 0 Å². The van der Waals surface area contributed by atoms with Crippen molar-refractivity contribution in [3.8, 4) is 0 Å². The van der Waals surface area contributed by atoms with Gasteiger partial charge in [-0.25, -0.2) is 0 Å². The number of aliphatic imine (C=N–C) groups is 1. The molecule has 0 saturated heterocycles. The third-order valence-corrected chi connectivity index (χ3v) is 4.66. The van der Waals surface area contributed by atoms with E-state index in [1.165, 1.54) is 55.4 Å². The first-order chi connectivity index (χ1) is 13.2. The van der Waals surface area contributed by atoms with Crippen molar-refractivity contribution in [1.82, 2.24) is 4.90 Å². The number of hydrogen-bond donors (Lipinski definition) is 0. The molecule has 2 heteroatoms. The van der Waals surface area contributed by atoms with Gasteiger partial charge in [0.15, 0.2) is 0 Å². The maximum atomic E-state index is 4.44. The highest BCUT2D eigenvalue weighted by molar-refractivity contribution is 5.87. The summed E-state index contributed by atoms with van der Waals surface area (Å²) >= 11 is 0. The summed E-state index contributed by atoms with van der Waals surface area (Å²) in [6.07, 6.45) is 18.7. The first-order valence-corrected chi connectivity index (χ1v) is 10.3. The Kier molecular flexibility index (Phi) is 13.0. The first kappa shape index (κ1) is 23.1. The van der Waals surface area contributed by atoms with Crippen LogP contribution in [0.1, 0.15) is 56.6 Å². The molecule has 0 saturated carbocycles. The Labute approximate surface area is 167 Å². The van der Waals surface area contributed by atoms with Crippen LogP contribution in [0.3, 0.4) is 0 Å². The van der Waals surface area contributed by atoms with Crippen molar-refractivity contribution in [3.05, 3.63) is 72.4 Å². The van der Waals surface area contributed by atoms with E-state index >= 15 is 0 Å². The topological polar surface area (TPSA) is 15.6 Å². The van der Waals surface area contributed by atoms with E-state index in [9.17, 15) is 0 Å². The lowest BCUT2D eigenvalue weighted by molar-refractivity contribution is 0.372. The third kappa shape index (κ3) is 11.4. The standard InChI is InChI=1S/C25H38N2/c1-5-7-9-11-13-15-23-17-19-24(20-18-23)21-27(4)22-25(26-3)16-14-12-10-8-6-2/h6,8,10,12,14,17-20H,2,5,7,9,11,13,15-16,21-22H2,1,3-4H3/b10-8-,14-12-,26-25-. The highest BCUT2D eigenvalue weighted by Crippen LogP contribution is 2.11. The molecule has 0 N–H and O–H groups in total. The molecule has 1 rings (SSSR count). The van der Waals surface area contributed by atoms with Gasteiger partial charge in [-0.1, -0.05) is 93.8 Å². The normalized spacial score (nSPS) is 12.5. The number of unbranched alkanes of at least 4 members (excludes halogenated alkanes) is 4. The molecular weight excluding hydrogens is 328 g/mol. The van der Waals surface area contributed by atoms with Gasteiger partial charge in [-0.2, -0.15) is 0 Å². The Balaban J connectivity index is 2.38. The highest BCUT2D eigenvalue weighted by Gasteiger charge is 2.04. The summed E-state index contributed by atoms with van der Waals surface area (Å²) in [5, 5.41) is 0. The van der Waals surface area contributed by atoms with Crippen LogP contribution < -0.4 is 0 Å². The minimum Gasteiger partial charge on any atom is -0.297 e. The van der Waals surface area contributed by atoms with Crippen molar-refractivity contribution in [3.63, 3.8) is 0 Å². The van der Waals surface area contributed by atoms with Crippen molar-refractivity contribution in [2.75, 3.05) is 20.6 Å². The molecule has 0 aliphatic carbocycles. The fourth-order valence-electron chi connectivity index (χ4n) is 3.08. The van der Waals surface area contributed by atoms with Crippen molar-refractivity contribution in [2.24, 2.45) is 4.99 Å². The molecule has 0 aliphatic rings. The van der Waals surface area contributed by atoms with Gasteiger partial charge in [-0.05, 0) is 31.0 Å². The van der Waals surface area contributed by atoms with Gasteiger partial charge in [0.1, 0.15) is 0 Å². The molecular formula is C25H38N2. The lowest BCUT2D eigenvalue weighted by Gasteiger charge is -2.17. The lowest BCUT2D eigenvalue weighted by Crippen LogP contribution is -2.25. The van der Waals surface area contributed by atoms with Gasteiger partial charge in [0.05, 0.1) is 0 Å². The molecule has 0 atom stereocenters. The summed E-state index contributed by atoms with van der Waals surface area (Å²) in [5.41, 5.74) is 4.03. The van der Waals surface area contributed by atoms with Gasteiger partial charge in [0.25, 0.3) is 0 Å². The predicted octanol–water partition coefficient (Wildman–Crippen LogP) is 6.39. The number of nitrogens with zero attached hydrogens (tertiary/aromatic N) is 2. The molecule has 1 aromatic rings. The van der Waals surface area contributed by atoms with Gasteiger partial charge in [0, 0.05) is 32.3 Å². The maximum absolute atomic E-state index is 4.44. The Morgan fingerprint density at radius 1 is 1.00 bits per heavy atom.